The number of benzene rings is 2. The first-order valence-corrected chi connectivity index (χ1v) is 22.7. The molecule has 2 aromatic carbocycles. The van der Waals surface area contributed by atoms with Gasteiger partial charge in [0.25, 0.3) is 0 Å². The first-order valence-electron chi connectivity index (χ1n) is 20.8. The Morgan fingerprint density at radius 2 is 1.54 bits per heavy atom. The first kappa shape index (κ1) is 46.5. The number of carbonyl (C=O) groups is 3. The van der Waals surface area contributed by atoms with Crippen LogP contribution in [0, 0.1) is 5.82 Å². The van der Waals surface area contributed by atoms with Crippen LogP contribution in [0.5, 0.6) is 0 Å². The maximum atomic E-state index is 14.6. The SMILES string of the molecule is CCCCCCCCCCCCCCCCOCCCOP(=O)(O)c1ccc2c(C(C)=O)cn(CC(=O)N3C[C@H](F)C[C@H]3C(=O)NCc3cccc(Cl)c3F)c2c1. The number of likely N-dealkylation sites (tertiary alicyclic amines) is 1. The predicted octanol–water partition coefficient (Wildman–Crippen LogP) is 9.61. The van der Waals surface area contributed by atoms with Crippen LogP contribution in [0.3, 0.4) is 0 Å². The molecule has 1 unspecified atom stereocenters. The lowest BCUT2D eigenvalue weighted by molar-refractivity contribution is -0.139. The summed E-state index contributed by atoms with van der Waals surface area (Å²) >= 11 is 5.84. The molecule has 57 heavy (non-hydrogen) atoms. The van der Waals surface area contributed by atoms with Crippen LogP contribution in [-0.4, -0.2) is 70.5 Å². The molecule has 3 aromatic rings. The number of alkyl halides is 1. The number of aromatic nitrogens is 1. The second-order valence-electron chi connectivity index (χ2n) is 15.2. The molecule has 1 saturated heterocycles. The number of fused-ring (bicyclic) bond motifs is 1. The summed E-state index contributed by atoms with van der Waals surface area (Å²) in [4.78, 5) is 51.2. The third kappa shape index (κ3) is 14.6. The van der Waals surface area contributed by atoms with Crippen molar-refractivity contribution in [3.63, 3.8) is 0 Å². The van der Waals surface area contributed by atoms with Crippen molar-refractivity contribution in [2.45, 2.75) is 142 Å². The van der Waals surface area contributed by atoms with Crippen LogP contribution < -0.4 is 10.6 Å². The number of nitrogens with one attached hydrogen (secondary N) is 1. The number of ether oxygens (including phenoxy) is 1. The lowest BCUT2D eigenvalue weighted by atomic mass is 10.0. The Labute approximate surface area is 341 Å². The number of rotatable bonds is 27. The van der Waals surface area contributed by atoms with Gasteiger partial charge >= 0.3 is 7.60 Å². The monoisotopic (exact) mass is 835 g/mol. The molecular weight excluding hydrogens is 775 g/mol. The molecule has 0 spiro atoms. The van der Waals surface area contributed by atoms with Gasteiger partial charge < -0.3 is 28.9 Å². The number of ketones is 1. The summed E-state index contributed by atoms with van der Waals surface area (Å²) in [6, 6.07) is 7.60. The largest absolute Gasteiger partial charge is 0.381 e. The topological polar surface area (TPSA) is 127 Å². The molecule has 1 aliphatic heterocycles. The van der Waals surface area contributed by atoms with Crippen LogP contribution >= 0.6 is 19.2 Å². The minimum atomic E-state index is -4.29. The maximum Gasteiger partial charge on any atom is 0.358 e. The van der Waals surface area contributed by atoms with E-state index in [0.717, 1.165) is 17.7 Å². The molecule has 2 N–H and O–H groups in total. The van der Waals surface area contributed by atoms with Crippen LogP contribution in [0.4, 0.5) is 8.78 Å². The van der Waals surface area contributed by atoms with Gasteiger partial charge in [-0.15, -0.1) is 0 Å². The summed E-state index contributed by atoms with van der Waals surface area (Å²) in [5.74, 6) is -2.21. The number of carbonyl (C=O) groups excluding carboxylic acids is 3. The Hall–Kier alpha value is -3.15. The van der Waals surface area contributed by atoms with Gasteiger partial charge in [-0.1, -0.05) is 120 Å². The average Bonchev–Trinajstić information content (AvgIpc) is 3.76. The number of amides is 2. The van der Waals surface area contributed by atoms with Crippen LogP contribution in [0.2, 0.25) is 5.02 Å². The third-order valence-corrected chi connectivity index (χ3v) is 12.3. The Bertz CT molecular complexity index is 1810. The lowest BCUT2D eigenvalue weighted by Crippen LogP contribution is -2.46. The Kier molecular flexibility index (Phi) is 19.6. The van der Waals surface area contributed by atoms with Crippen molar-refractivity contribution in [2.75, 3.05) is 26.4 Å². The van der Waals surface area contributed by atoms with Crippen LogP contribution in [-0.2, 0) is 36.5 Å². The Balaban J connectivity index is 1.21. The highest BCUT2D eigenvalue weighted by Gasteiger charge is 2.40. The van der Waals surface area contributed by atoms with Gasteiger partial charge in [0.2, 0.25) is 11.8 Å². The van der Waals surface area contributed by atoms with Gasteiger partial charge in [-0.3, -0.25) is 18.9 Å². The quantitative estimate of drug-likeness (QED) is 0.0445. The summed E-state index contributed by atoms with van der Waals surface area (Å²) in [5, 5.41) is 2.91. The molecule has 2 amide bonds. The minimum Gasteiger partial charge on any atom is -0.381 e. The normalized spacial score (nSPS) is 16.6. The number of nitrogens with zero attached hydrogens (tertiary/aromatic N) is 2. The molecular formula is C43H61ClF2N3O7P. The van der Waals surface area contributed by atoms with Gasteiger partial charge in [-0.25, -0.2) is 8.78 Å². The van der Waals surface area contributed by atoms with Crippen molar-refractivity contribution in [1.29, 1.82) is 0 Å². The molecule has 10 nitrogen and oxygen atoms in total. The Morgan fingerprint density at radius 1 is 0.912 bits per heavy atom. The van der Waals surface area contributed by atoms with Crippen LogP contribution in [0.1, 0.15) is 133 Å². The highest BCUT2D eigenvalue weighted by Crippen LogP contribution is 2.42. The zero-order valence-corrected chi connectivity index (χ0v) is 35.3. The van der Waals surface area contributed by atoms with Gasteiger partial charge in [0, 0.05) is 48.9 Å². The Morgan fingerprint density at radius 3 is 2.19 bits per heavy atom. The van der Waals surface area contributed by atoms with E-state index in [1.54, 1.807) is 0 Å². The van der Waals surface area contributed by atoms with Gasteiger partial charge in [-0.2, -0.15) is 0 Å². The van der Waals surface area contributed by atoms with E-state index >= 15 is 0 Å². The van der Waals surface area contributed by atoms with E-state index in [1.165, 1.54) is 131 Å². The number of hydrogen-bond donors (Lipinski definition) is 2. The third-order valence-electron chi connectivity index (χ3n) is 10.6. The maximum absolute atomic E-state index is 14.6. The summed E-state index contributed by atoms with van der Waals surface area (Å²) in [5.41, 5.74) is 0.759. The predicted molar refractivity (Wildman–Crippen MR) is 221 cm³/mol. The van der Waals surface area contributed by atoms with E-state index in [4.69, 9.17) is 20.9 Å². The highest BCUT2D eigenvalue weighted by atomic mass is 35.5. The fraction of sp³-hybridized carbons (Fsp3) is 0.605. The van der Waals surface area contributed by atoms with Crippen molar-refractivity contribution in [3.05, 3.63) is 64.6 Å². The lowest BCUT2D eigenvalue weighted by Gasteiger charge is -2.24. The zero-order chi connectivity index (χ0) is 41.2. The number of unbranched alkanes of at least 4 members (excludes halogenated alkanes) is 13. The summed E-state index contributed by atoms with van der Waals surface area (Å²) in [6.45, 7) is 3.75. The second-order valence-corrected chi connectivity index (χ2v) is 17.4. The van der Waals surface area contributed by atoms with E-state index < -0.39 is 37.4 Å². The molecule has 1 aliphatic rings. The van der Waals surface area contributed by atoms with Crippen molar-refractivity contribution >= 4 is 53.0 Å². The fourth-order valence-corrected chi connectivity index (χ4v) is 8.59. The molecule has 0 bridgehead atoms. The molecule has 1 aromatic heterocycles. The fourth-order valence-electron chi connectivity index (χ4n) is 7.32. The van der Waals surface area contributed by atoms with E-state index in [9.17, 15) is 32.6 Å². The van der Waals surface area contributed by atoms with Crippen molar-refractivity contribution < 1.29 is 41.9 Å². The summed E-state index contributed by atoms with van der Waals surface area (Å²) < 4.78 is 54.9. The van der Waals surface area contributed by atoms with Gasteiger partial charge in [0.05, 0.1) is 29.0 Å². The van der Waals surface area contributed by atoms with Gasteiger partial charge in [0.1, 0.15) is 24.6 Å². The minimum absolute atomic E-state index is 0.00445. The molecule has 0 aliphatic carbocycles. The number of halogens is 3. The van der Waals surface area contributed by atoms with Gasteiger partial charge in [-0.05, 0) is 38.0 Å². The van der Waals surface area contributed by atoms with E-state index in [-0.39, 0.29) is 59.9 Å². The van der Waals surface area contributed by atoms with E-state index in [2.05, 4.69) is 12.2 Å². The molecule has 0 saturated carbocycles. The smallest absolute Gasteiger partial charge is 0.358 e. The molecule has 4 rings (SSSR count). The number of hydrogen-bond acceptors (Lipinski definition) is 6. The standard InChI is InChI=1S/C43H61ClF2N3O7P/c1-3-4-5-6-7-8-9-10-11-12-13-14-15-16-23-55-24-18-25-56-57(53,54)35-21-22-36-37(32(2)50)30-48(39(36)27-35)31-41(51)49-29-34(45)26-40(49)43(52)47-28-33-19-17-20-38(44)42(33)46/h17,19-22,27,30,34,40H,3-16,18,23-26,28-29,31H2,1-2H3,(H,47,52)(H,53,54)/t34-,40+/m1/s1. The molecule has 14 heteroatoms. The molecule has 0 radical (unpaired) electrons. The number of Topliss-reactive ketones (excluding diaryl/α,β-unsaturated/α-hetero) is 1. The molecule has 2 heterocycles. The van der Waals surface area contributed by atoms with E-state index in [1.807, 2.05) is 0 Å². The molecule has 1 fully saturated rings. The molecule has 316 valence electrons. The zero-order valence-electron chi connectivity index (χ0n) is 33.6. The van der Waals surface area contributed by atoms with Crippen molar-refractivity contribution in [1.82, 2.24) is 14.8 Å². The first-order chi connectivity index (χ1) is 27.4. The van der Waals surface area contributed by atoms with Gasteiger partial charge in [0.15, 0.2) is 5.78 Å². The second kappa shape index (κ2) is 24.1. The van der Waals surface area contributed by atoms with Crippen LogP contribution in [0.15, 0.2) is 42.6 Å². The average molecular weight is 836 g/mol. The van der Waals surface area contributed by atoms with E-state index in [0.29, 0.717) is 30.5 Å². The van der Waals surface area contributed by atoms with Crippen LogP contribution in [0.25, 0.3) is 10.9 Å². The van der Waals surface area contributed by atoms with Crippen molar-refractivity contribution in [2.24, 2.45) is 0 Å². The summed E-state index contributed by atoms with van der Waals surface area (Å²) in [7, 11) is -4.29. The molecule has 3 atom stereocenters. The highest BCUT2D eigenvalue weighted by molar-refractivity contribution is 7.61. The van der Waals surface area contributed by atoms with Crippen molar-refractivity contribution in [3.8, 4) is 0 Å². The summed E-state index contributed by atoms with van der Waals surface area (Å²) in [6.07, 6.45) is 18.2.